The van der Waals surface area contributed by atoms with E-state index in [1.54, 1.807) is 35.3 Å². The zero-order chi connectivity index (χ0) is 17.4. The van der Waals surface area contributed by atoms with Gasteiger partial charge in [0.05, 0.1) is 5.69 Å². The van der Waals surface area contributed by atoms with Crippen LogP contribution in [0.1, 0.15) is 5.56 Å². The van der Waals surface area contributed by atoms with Crippen LogP contribution in [0.5, 0.6) is 0 Å². The standard InChI is InChI=1S/C19H17N2OS3/c1-20-14-10-6-7-11-15(14)24-18(20)16-17(22)21(19(23-2)25-16)12-13-8-4-3-5-9-13/h3-11H,12H2,1-2H3/q+1/b18-16+. The van der Waals surface area contributed by atoms with E-state index in [9.17, 15) is 4.79 Å². The van der Waals surface area contributed by atoms with Crippen molar-refractivity contribution in [1.82, 2.24) is 0 Å². The minimum absolute atomic E-state index is 0.0976. The molecule has 0 saturated carbocycles. The highest BCUT2D eigenvalue weighted by atomic mass is 32.2. The molecule has 0 aliphatic carbocycles. The fourth-order valence-electron chi connectivity index (χ4n) is 2.88. The van der Waals surface area contributed by atoms with Crippen molar-refractivity contribution < 1.29 is 9.37 Å². The van der Waals surface area contributed by atoms with Crippen LogP contribution in [-0.2, 0) is 11.3 Å². The van der Waals surface area contributed by atoms with Crippen molar-refractivity contribution in [2.45, 2.75) is 11.4 Å². The molecule has 2 heterocycles. The molecule has 6 heteroatoms. The summed E-state index contributed by atoms with van der Waals surface area (Å²) in [6.07, 6.45) is 2.03. The van der Waals surface area contributed by atoms with Gasteiger partial charge >= 0.3 is 5.91 Å². The topological polar surface area (TPSA) is 23.3 Å². The number of carbonyl (C=O) groups excluding carboxylic acids is 1. The van der Waals surface area contributed by atoms with Crippen LogP contribution >= 0.6 is 35.3 Å². The first-order chi connectivity index (χ1) is 12.2. The summed E-state index contributed by atoms with van der Waals surface area (Å²) in [5, 5.41) is 1.03. The Balaban J connectivity index is 1.68. The fraction of sp³-hybridized carbons (Fsp3) is 0.158. The van der Waals surface area contributed by atoms with E-state index in [0.717, 1.165) is 25.6 Å². The highest BCUT2D eigenvalue weighted by Crippen LogP contribution is 2.49. The van der Waals surface area contributed by atoms with Gasteiger partial charge in [0.2, 0.25) is 0 Å². The zero-order valence-corrected chi connectivity index (χ0v) is 16.4. The average molecular weight is 386 g/mol. The molecule has 0 saturated heterocycles. The van der Waals surface area contributed by atoms with Crippen molar-refractivity contribution in [2.24, 2.45) is 0 Å². The molecule has 0 radical (unpaired) electrons. The van der Waals surface area contributed by atoms with Gasteiger partial charge in [-0.05, 0) is 18.4 Å². The number of amides is 1. The van der Waals surface area contributed by atoms with Gasteiger partial charge < -0.3 is 4.90 Å². The van der Waals surface area contributed by atoms with Crippen LogP contribution in [0.25, 0.3) is 0 Å². The Labute approximate surface area is 160 Å². The second kappa shape index (κ2) is 6.94. The summed E-state index contributed by atoms with van der Waals surface area (Å²) in [5.74, 6) is 0.0976. The van der Waals surface area contributed by atoms with Gasteiger partial charge in [0, 0.05) is 29.3 Å². The molecular weight excluding hydrogens is 368 g/mol. The molecule has 3 nitrogen and oxygen atoms in total. The van der Waals surface area contributed by atoms with Gasteiger partial charge in [-0.2, -0.15) is 0 Å². The third-order valence-corrected chi connectivity index (χ3v) is 7.79. The summed E-state index contributed by atoms with van der Waals surface area (Å²) in [6.45, 7) is 0.612. The van der Waals surface area contributed by atoms with Gasteiger partial charge in [-0.25, -0.2) is 4.79 Å². The fourth-order valence-corrected chi connectivity index (χ4v) is 6.02. The molecule has 0 spiro atoms. The van der Waals surface area contributed by atoms with Gasteiger partial charge in [-0.1, -0.05) is 66.0 Å². The molecule has 1 amide bonds. The SMILES string of the molecule is CSC1=[N+](Cc2ccccc2)C(=O)/C(=C2\Sc3ccccc3N2C)S1. The summed E-state index contributed by atoms with van der Waals surface area (Å²) in [6, 6.07) is 18.4. The van der Waals surface area contributed by atoms with Crippen LogP contribution in [0, 0.1) is 0 Å². The Hall–Kier alpha value is -1.63. The lowest BCUT2D eigenvalue weighted by Gasteiger charge is -2.13. The van der Waals surface area contributed by atoms with Crippen molar-refractivity contribution in [3.05, 3.63) is 70.1 Å². The van der Waals surface area contributed by atoms with E-state index in [1.807, 2.05) is 48.2 Å². The predicted molar refractivity (Wildman–Crippen MR) is 109 cm³/mol. The van der Waals surface area contributed by atoms with Crippen molar-refractivity contribution in [3.8, 4) is 0 Å². The summed E-state index contributed by atoms with van der Waals surface area (Å²) in [7, 11) is 2.04. The largest absolute Gasteiger partial charge is 0.430 e. The Bertz CT molecular complexity index is 906. The molecular formula is C19H17N2OS3+. The number of fused-ring (bicyclic) bond motifs is 1. The van der Waals surface area contributed by atoms with Crippen LogP contribution in [0.15, 0.2) is 69.4 Å². The molecule has 0 aromatic heterocycles. The van der Waals surface area contributed by atoms with Crippen molar-refractivity contribution >= 4 is 51.3 Å². The van der Waals surface area contributed by atoms with Gasteiger partial charge in [0.15, 0.2) is 11.4 Å². The first-order valence-corrected chi connectivity index (χ1v) is 10.7. The van der Waals surface area contributed by atoms with E-state index in [0.29, 0.717) is 6.54 Å². The highest BCUT2D eigenvalue weighted by molar-refractivity contribution is 8.40. The Morgan fingerprint density at radius 1 is 1.04 bits per heavy atom. The quantitative estimate of drug-likeness (QED) is 0.555. The second-order valence-corrected chi connectivity index (χ2v) is 8.80. The maximum atomic E-state index is 13.1. The molecule has 126 valence electrons. The number of hydrogen-bond donors (Lipinski definition) is 0. The summed E-state index contributed by atoms with van der Waals surface area (Å²) in [4.78, 5) is 17.3. The minimum Gasteiger partial charge on any atom is -0.337 e. The van der Waals surface area contributed by atoms with Crippen LogP contribution < -0.4 is 4.90 Å². The summed E-state index contributed by atoms with van der Waals surface area (Å²) >= 11 is 4.91. The first-order valence-electron chi connectivity index (χ1n) is 7.88. The molecule has 0 fully saturated rings. The van der Waals surface area contributed by atoms with Gasteiger partial charge in [-0.15, -0.1) is 4.58 Å². The lowest BCUT2D eigenvalue weighted by Crippen LogP contribution is -2.21. The van der Waals surface area contributed by atoms with E-state index < -0.39 is 0 Å². The number of benzene rings is 2. The molecule has 2 aliphatic rings. The summed E-state index contributed by atoms with van der Waals surface area (Å²) < 4.78 is 2.94. The van der Waals surface area contributed by atoms with E-state index in [4.69, 9.17) is 0 Å². The average Bonchev–Trinajstić information content (AvgIpc) is 3.14. The van der Waals surface area contributed by atoms with E-state index in [2.05, 4.69) is 29.2 Å². The van der Waals surface area contributed by atoms with Crippen LogP contribution in [0.2, 0.25) is 0 Å². The number of carbonyl (C=O) groups is 1. The zero-order valence-electron chi connectivity index (χ0n) is 13.9. The minimum atomic E-state index is 0.0976. The third-order valence-electron chi connectivity index (χ3n) is 4.14. The van der Waals surface area contributed by atoms with Crippen LogP contribution in [0.3, 0.4) is 0 Å². The second-order valence-electron chi connectivity index (χ2n) is 5.71. The normalized spacial score (nSPS) is 19.8. The van der Waals surface area contributed by atoms with Gasteiger partial charge in [0.25, 0.3) is 4.38 Å². The van der Waals surface area contributed by atoms with E-state index in [-0.39, 0.29) is 5.91 Å². The maximum absolute atomic E-state index is 13.1. The monoisotopic (exact) mass is 385 g/mol. The molecule has 2 aromatic carbocycles. The van der Waals surface area contributed by atoms with Gasteiger partial charge in [-0.3, -0.25) is 0 Å². The highest BCUT2D eigenvalue weighted by Gasteiger charge is 2.42. The molecule has 0 bridgehead atoms. The smallest absolute Gasteiger partial charge is 0.337 e. The van der Waals surface area contributed by atoms with Crippen molar-refractivity contribution in [2.75, 3.05) is 18.2 Å². The van der Waals surface area contributed by atoms with Crippen molar-refractivity contribution in [3.63, 3.8) is 0 Å². The van der Waals surface area contributed by atoms with Gasteiger partial charge in [0.1, 0.15) is 5.03 Å². The molecule has 0 unspecified atom stereocenters. The molecule has 4 rings (SSSR count). The van der Waals surface area contributed by atoms with E-state index >= 15 is 0 Å². The predicted octanol–water partition coefficient (Wildman–Crippen LogP) is 4.60. The van der Waals surface area contributed by atoms with Crippen LogP contribution in [0.4, 0.5) is 5.69 Å². The molecule has 2 aliphatic heterocycles. The number of para-hydroxylation sites is 1. The van der Waals surface area contributed by atoms with Crippen molar-refractivity contribution in [1.29, 1.82) is 0 Å². The molecule has 25 heavy (non-hydrogen) atoms. The summed E-state index contributed by atoms with van der Waals surface area (Å²) in [5.41, 5.74) is 2.31. The van der Waals surface area contributed by atoms with E-state index in [1.165, 1.54) is 4.90 Å². The molecule has 2 aromatic rings. The maximum Gasteiger partial charge on any atom is 0.430 e. The number of hydrogen-bond acceptors (Lipinski definition) is 5. The molecule has 0 atom stereocenters. The lowest BCUT2D eigenvalue weighted by molar-refractivity contribution is -0.453. The lowest BCUT2D eigenvalue weighted by atomic mass is 10.2. The number of anilines is 1. The number of thioether (sulfide) groups is 3. The van der Waals surface area contributed by atoms with Crippen LogP contribution in [-0.4, -0.2) is 28.2 Å². The Morgan fingerprint density at radius 2 is 1.76 bits per heavy atom. The number of rotatable bonds is 2. The Kier molecular flexibility index (Phi) is 4.67. The Morgan fingerprint density at radius 3 is 2.48 bits per heavy atom. The molecule has 0 N–H and O–H groups in total. The third kappa shape index (κ3) is 3.03. The number of nitrogens with zero attached hydrogens (tertiary/aromatic N) is 2. The first kappa shape index (κ1) is 16.8.